The van der Waals surface area contributed by atoms with Crippen LogP contribution in [0.2, 0.25) is 0 Å². The van der Waals surface area contributed by atoms with Crippen LogP contribution in [0, 0.1) is 18.7 Å². The number of carbonyl (C=O) groups excluding carboxylic acids is 1. The second-order valence-corrected chi connectivity index (χ2v) is 8.45. The quantitative estimate of drug-likeness (QED) is 0.555. The van der Waals surface area contributed by atoms with E-state index in [0.29, 0.717) is 12.3 Å². The number of aromatic amines is 1. The number of hydrogen-bond acceptors (Lipinski definition) is 3. The van der Waals surface area contributed by atoms with E-state index in [4.69, 9.17) is 0 Å². The zero-order valence-electron chi connectivity index (χ0n) is 17.9. The summed E-state index contributed by atoms with van der Waals surface area (Å²) in [5.74, 6) is 0.440. The highest BCUT2D eigenvalue weighted by Gasteiger charge is 2.21. The van der Waals surface area contributed by atoms with Crippen molar-refractivity contribution >= 4 is 11.6 Å². The first-order valence-electron chi connectivity index (χ1n) is 10.9. The van der Waals surface area contributed by atoms with E-state index < -0.39 is 0 Å². The fourth-order valence-corrected chi connectivity index (χ4v) is 4.25. The summed E-state index contributed by atoms with van der Waals surface area (Å²) in [5, 5.41) is 10.3. The van der Waals surface area contributed by atoms with E-state index in [9.17, 15) is 9.18 Å². The molecule has 0 spiro atoms. The third-order valence-corrected chi connectivity index (χ3v) is 6.03. The lowest BCUT2D eigenvalue weighted by atomic mass is 9.91. The van der Waals surface area contributed by atoms with Gasteiger partial charge in [-0.25, -0.2) is 4.39 Å². The lowest BCUT2D eigenvalue weighted by Crippen LogP contribution is -2.33. The molecule has 1 amide bonds. The number of halogens is 1. The van der Waals surface area contributed by atoms with Gasteiger partial charge < -0.3 is 5.32 Å². The first-order valence-corrected chi connectivity index (χ1v) is 10.9. The van der Waals surface area contributed by atoms with Crippen molar-refractivity contribution in [3.63, 3.8) is 0 Å². The molecule has 1 fully saturated rings. The van der Waals surface area contributed by atoms with Crippen LogP contribution in [0.15, 0.2) is 54.7 Å². The number of carbonyl (C=O) groups is 1. The number of aryl methyl sites for hydroxylation is 1. The summed E-state index contributed by atoms with van der Waals surface area (Å²) in [5.41, 5.74) is 5.04. The van der Waals surface area contributed by atoms with Gasteiger partial charge in [0.05, 0.1) is 11.9 Å². The van der Waals surface area contributed by atoms with Crippen molar-refractivity contribution in [2.75, 3.05) is 18.4 Å². The average molecular weight is 421 g/mol. The molecule has 0 atom stereocenters. The topological polar surface area (TPSA) is 61.0 Å². The maximum absolute atomic E-state index is 13.2. The molecule has 1 aliphatic heterocycles. The molecule has 1 aliphatic rings. The average Bonchev–Trinajstić information content (AvgIpc) is 3.22. The van der Waals surface area contributed by atoms with Gasteiger partial charge in [0.2, 0.25) is 5.91 Å². The van der Waals surface area contributed by atoms with Crippen molar-refractivity contribution in [2.24, 2.45) is 5.92 Å². The van der Waals surface area contributed by atoms with Gasteiger partial charge in [-0.3, -0.25) is 14.8 Å². The molecule has 0 saturated carbocycles. The van der Waals surface area contributed by atoms with E-state index in [1.54, 1.807) is 12.1 Å². The third kappa shape index (κ3) is 5.79. The number of likely N-dealkylation sites (tertiary alicyclic amines) is 1. The van der Waals surface area contributed by atoms with Crippen molar-refractivity contribution in [1.82, 2.24) is 15.1 Å². The minimum Gasteiger partial charge on any atom is -0.326 e. The Balaban J connectivity index is 1.23. The molecule has 4 rings (SSSR count). The second-order valence-electron chi connectivity index (χ2n) is 8.45. The van der Waals surface area contributed by atoms with Gasteiger partial charge in [-0.2, -0.15) is 5.10 Å². The van der Waals surface area contributed by atoms with Crippen LogP contribution in [0.5, 0.6) is 0 Å². The summed E-state index contributed by atoms with van der Waals surface area (Å²) < 4.78 is 13.2. The predicted molar refractivity (Wildman–Crippen MR) is 121 cm³/mol. The van der Waals surface area contributed by atoms with E-state index >= 15 is 0 Å². The minimum atomic E-state index is -0.237. The van der Waals surface area contributed by atoms with Gasteiger partial charge in [-0.1, -0.05) is 12.1 Å². The number of aromatic nitrogens is 2. The molecule has 0 bridgehead atoms. The Hall–Kier alpha value is -2.99. The fraction of sp³-hybridized carbons (Fsp3) is 0.360. The van der Waals surface area contributed by atoms with Crippen LogP contribution in [-0.2, 0) is 11.3 Å². The molecule has 0 radical (unpaired) electrons. The molecule has 2 heterocycles. The van der Waals surface area contributed by atoms with Gasteiger partial charge >= 0.3 is 0 Å². The molecule has 2 N–H and O–H groups in total. The zero-order valence-corrected chi connectivity index (χ0v) is 17.9. The van der Waals surface area contributed by atoms with Gasteiger partial charge in [0, 0.05) is 29.8 Å². The summed E-state index contributed by atoms with van der Waals surface area (Å²) in [6, 6.07) is 14.4. The lowest BCUT2D eigenvalue weighted by Gasteiger charge is -2.31. The maximum Gasteiger partial charge on any atom is 0.224 e. The summed E-state index contributed by atoms with van der Waals surface area (Å²) >= 11 is 0. The molecular formula is C25H29FN4O. The highest BCUT2D eigenvalue weighted by atomic mass is 19.1. The van der Waals surface area contributed by atoms with E-state index in [-0.39, 0.29) is 11.7 Å². The number of amides is 1. The summed E-state index contributed by atoms with van der Waals surface area (Å²) in [6.45, 7) is 4.87. The predicted octanol–water partition coefficient (Wildman–Crippen LogP) is 5.16. The van der Waals surface area contributed by atoms with Crippen molar-refractivity contribution < 1.29 is 9.18 Å². The second kappa shape index (κ2) is 9.88. The first-order chi connectivity index (χ1) is 15.1. The molecule has 31 heavy (non-hydrogen) atoms. The molecule has 1 saturated heterocycles. The Morgan fingerprint density at radius 1 is 1.19 bits per heavy atom. The van der Waals surface area contributed by atoms with Crippen molar-refractivity contribution in [3.8, 4) is 11.3 Å². The molecule has 3 aromatic rings. The highest BCUT2D eigenvalue weighted by Crippen LogP contribution is 2.26. The Bertz CT molecular complexity index is 1010. The van der Waals surface area contributed by atoms with Crippen molar-refractivity contribution in [1.29, 1.82) is 0 Å². The molecule has 162 valence electrons. The van der Waals surface area contributed by atoms with E-state index in [1.807, 2.05) is 37.4 Å². The number of H-pyrrole nitrogens is 1. The van der Waals surface area contributed by atoms with Crippen LogP contribution in [-0.4, -0.2) is 34.1 Å². The monoisotopic (exact) mass is 420 g/mol. The Morgan fingerprint density at radius 3 is 2.71 bits per heavy atom. The molecule has 6 heteroatoms. The van der Waals surface area contributed by atoms with Gasteiger partial charge in [0.1, 0.15) is 5.82 Å². The maximum atomic E-state index is 13.2. The summed E-state index contributed by atoms with van der Waals surface area (Å²) in [6.07, 6.45) is 5.55. The largest absolute Gasteiger partial charge is 0.326 e. The summed E-state index contributed by atoms with van der Waals surface area (Å²) in [7, 11) is 0. The van der Waals surface area contributed by atoms with Gasteiger partial charge in [-0.05, 0) is 87.2 Å². The van der Waals surface area contributed by atoms with E-state index in [0.717, 1.165) is 67.0 Å². The molecule has 2 aromatic carbocycles. The Labute approximate surface area is 182 Å². The normalized spacial score (nSPS) is 15.2. The minimum absolute atomic E-state index is 0.0929. The van der Waals surface area contributed by atoms with Gasteiger partial charge in [0.25, 0.3) is 0 Å². The number of hydrogen-bond donors (Lipinski definition) is 2. The van der Waals surface area contributed by atoms with Crippen LogP contribution in [0.25, 0.3) is 11.3 Å². The zero-order chi connectivity index (χ0) is 21.6. The molecule has 1 aromatic heterocycles. The molecule has 0 aliphatic carbocycles. The van der Waals surface area contributed by atoms with Crippen LogP contribution in [0.1, 0.15) is 36.8 Å². The standard InChI is InChI=1S/C25H29FN4O/c1-18-3-2-4-23(15-18)28-24(31)10-5-19-11-13-30(14-12-19)17-21-16-27-29-25(21)20-6-8-22(26)9-7-20/h2-4,6-9,15-16,19H,5,10-14,17H2,1H3,(H,27,29)(H,28,31). The summed E-state index contributed by atoms with van der Waals surface area (Å²) in [4.78, 5) is 14.7. The Kier molecular flexibility index (Phi) is 6.77. The van der Waals surface area contributed by atoms with Crippen LogP contribution in [0.4, 0.5) is 10.1 Å². The van der Waals surface area contributed by atoms with Crippen LogP contribution >= 0.6 is 0 Å². The molecule has 0 unspecified atom stereocenters. The van der Waals surface area contributed by atoms with Crippen LogP contribution < -0.4 is 5.32 Å². The van der Waals surface area contributed by atoms with E-state index in [1.165, 1.54) is 12.1 Å². The van der Waals surface area contributed by atoms with Crippen LogP contribution in [0.3, 0.4) is 0 Å². The smallest absolute Gasteiger partial charge is 0.224 e. The Morgan fingerprint density at radius 2 is 1.97 bits per heavy atom. The first kappa shape index (κ1) is 21.2. The number of anilines is 1. The van der Waals surface area contributed by atoms with Crippen molar-refractivity contribution in [2.45, 2.75) is 39.2 Å². The molecular weight excluding hydrogens is 391 g/mol. The third-order valence-electron chi connectivity index (χ3n) is 6.03. The number of nitrogens with one attached hydrogen (secondary N) is 2. The SMILES string of the molecule is Cc1cccc(NC(=O)CCC2CCN(Cc3cn[nH]c3-c3ccc(F)cc3)CC2)c1. The van der Waals surface area contributed by atoms with Gasteiger partial charge in [0.15, 0.2) is 0 Å². The number of piperidine rings is 1. The number of nitrogens with zero attached hydrogens (tertiary/aromatic N) is 2. The van der Waals surface area contributed by atoms with Gasteiger partial charge in [-0.15, -0.1) is 0 Å². The fourth-order valence-electron chi connectivity index (χ4n) is 4.25. The van der Waals surface area contributed by atoms with E-state index in [2.05, 4.69) is 20.4 Å². The molecule has 5 nitrogen and oxygen atoms in total. The lowest BCUT2D eigenvalue weighted by molar-refractivity contribution is -0.116. The number of benzene rings is 2. The van der Waals surface area contributed by atoms with Crippen molar-refractivity contribution in [3.05, 3.63) is 71.7 Å². The number of rotatable bonds is 7. The highest BCUT2D eigenvalue weighted by molar-refractivity contribution is 5.90.